The molecule has 258 valence electrons. The minimum Gasteiger partial charge on any atom is -0.309 e. The summed E-state index contributed by atoms with van der Waals surface area (Å²) in [5.41, 5.74) is 11.2. The first-order valence-electron chi connectivity index (χ1n) is 18.7. The summed E-state index contributed by atoms with van der Waals surface area (Å²) in [7, 11) is 0. The molecule has 0 fully saturated rings. The number of para-hydroxylation sites is 4. The Morgan fingerprint density at radius 1 is 0.321 bits per heavy atom. The average Bonchev–Trinajstić information content (AvgIpc) is 3.78. The zero-order chi connectivity index (χ0) is 37.3. The maximum atomic E-state index is 10.4. The summed E-state index contributed by atoms with van der Waals surface area (Å²) in [5.74, 6) is 0. The summed E-state index contributed by atoms with van der Waals surface area (Å²) in [4.78, 5) is 0. The minimum atomic E-state index is 0.530. The first kappa shape index (κ1) is 31.6. The first-order valence-corrected chi connectivity index (χ1v) is 18.7. The van der Waals surface area contributed by atoms with Gasteiger partial charge in [-0.3, -0.25) is 0 Å². The fourth-order valence-corrected chi connectivity index (χ4v) is 8.74. The molecule has 4 nitrogen and oxygen atoms in total. The Labute approximate surface area is 322 Å². The fraction of sp³-hybridized carbons (Fsp3) is 0. The molecule has 4 heteroatoms. The molecule has 0 aliphatic carbocycles. The Hall–Kier alpha value is -7.92. The fourth-order valence-electron chi connectivity index (χ4n) is 8.74. The monoisotopic (exact) mass is 710 g/mol. The predicted molar refractivity (Wildman–Crippen MR) is 230 cm³/mol. The van der Waals surface area contributed by atoms with Gasteiger partial charge < -0.3 is 9.13 Å². The highest BCUT2D eigenvalue weighted by Gasteiger charge is 2.17. The van der Waals surface area contributed by atoms with Crippen molar-refractivity contribution in [1.29, 1.82) is 10.5 Å². The van der Waals surface area contributed by atoms with Gasteiger partial charge in [-0.05, 0) is 105 Å². The molecule has 0 radical (unpaired) electrons. The average molecular weight is 711 g/mol. The Balaban J connectivity index is 0.965. The van der Waals surface area contributed by atoms with Crippen LogP contribution in [0.15, 0.2) is 182 Å². The lowest BCUT2D eigenvalue weighted by atomic mass is 9.90. The van der Waals surface area contributed by atoms with Gasteiger partial charge >= 0.3 is 0 Å². The molecule has 0 aliphatic heterocycles. The SMILES string of the molecule is N#Cc1cc(-c2ccc3cc(-n4c5ccccc5c5ccccc54)ccc3c2)c(C#N)cc1-c1ccc2cc(-n3c4ccccc4c4ccccc43)ccc2c1. The van der Waals surface area contributed by atoms with E-state index in [2.05, 4.69) is 191 Å². The van der Waals surface area contributed by atoms with Crippen LogP contribution in [0.1, 0.15) is 11.1 Å². The molecule has 0 bridgehead atoms. The number of aromatic nitrogens is 2. The molecule has 0 saturated carbocycles. The molecule has 0 atom stereocenters. The molecule has 56 heavy (non-hydrogen) atoms. The Morgan fingerprint density at radius 3 is 1.00 bits per heavy atom. The van der Waals surface area contributed by atoms with Crippen molar-refractivity contribution in [3.8, 4) is 45.8 Å². The van der Waals surface area contributed by atoms with E-state index in [0.717, 1.165) is 55.2 Å². The van der Waals surface area contributed by atoms with Crippen molar-refractivity contribution >= 4 is 65.2 Å². The van der Waals surface area contributed by atoms with Crippen LogP contribution in [-0.2, 0) is 0 Å². The van der Waals surface area contributed by atoms with Gasteiger partial charge in [0.05, 0.1) is 45.3 Å². The lowest BCUT2D eigenvalue weighted by Gasteiger charge is -2.13. The van der Waals surface area contributed by atoms with Gasteiger partial charge in [0.2, 0.25) is 0 Å². The minimum absolute atomic E-state index is 0.530. The molecular weight excluding hydrogens is 681 g/mol. The lowest BCUT2D eigenvalue weighted by Crippen LogP contribution is -1.95. The third-order valence-electron chi connectivity index (χ3n) is 11.3. The summed E-state index contributed by atoms with van der Waals surface area (Å²) < 4.78 is 4.64. The molecule has 11 rings (SSSR count). The van der Waals surface area contributed by atoms with Gasteiger partial charge in [-0.1, -0.05) is 109 Å². The van der Waals surface area contributed by atoms with Crippen molar-refractivity contribution in [1.82, 2.24) is 9.13 Å². The standard InChI is InChI=1S/C52H30N4/c53-31-39-30-48(38-20-18-36-28-42(24-22-34(36)26-38)56-51-15-7-3-11-45(51)46-12-4-8-16-52(46)56)40(32-54)29-47(39)37-19-17-35-27-41(23-21-33(35)25-37)55-49-13-5-1-9-43(49)44-10-2-6-14-50(44)55/h1-30H. The molecule has 9 aromatic carbocycles. The third kappa shape index (κ3) is 4.77. The van der Waals surface area contributed by atoms with Gasteiger partial charge in [-0.2, -0.15) is 10.5 Å². The topological polar surface area (TPSA) is 57.4 Å². The van der Waals surface area contributed by atoms with E-state index in [1.54, 1.807) is 0 Å². The highest BCUT2D eigenvalue weighted by atomic mass is 15.0. The predicted octanol–water partition coefficient (Wildman–Crippen LogP) is 13.3. The zero-order valence-electron chi connectivity index (χ0n) is 30.1. The van der Waals surface area contributed by atoms with Crippen molar-refractivity contribution in [2.75, 3.05) is 0 Å². The molecule has 11 aromatic rings. The molecule has 2 aromatic heterocycles. The van der Waals surface area contributed by atoms with Crippen LogP contribution in [0.25, 0.3) is 98.8 Å². The molecule has 0 N–H and O–H groups in total. The second-order valence-electron chi connectivity index (χ2n) is 14.4. The van der Waals surface area contributed by atoms with Gasteiger partial charge in [0.1, 0.15) is 0 Å². The van der Waals surface area contributed by atoms with E-state index in [0.29, 0.717) is 11.1 Å². The van der Waals surface area contributed by atoms with Crippen molar-refractivity contribution in [3.63, 3.8) is 0 Å². The normalized spacial score (nSPS) is 11.5. The van der Waals surface area contributed by atoms with Crippen LogP contribution in [0.4, 0.5) is 0 Å². The van der Waals surface area contributed by atoms with E-state index in [9.17, 15) is 10.5 Å². The van der Waals surface area contributed by atoms with Gasteiger partial charge in [0.25, 0.3) is 0 Å². The van der Waals surface area contributed by atoms with Crippen LogP contribution < -0.4 is 0 Å². The van der Waals surface area contributed by atoms with E-state index in [1.807, 2.05) is 12.1 Å². The number of hydrogen-bond donors (Lipinski definition) is 0. The summed E-state index contributed by atoms with van der Waals surface area (Å²) in [6.45, 7) is 0. The first-order chi connectivity index (χ1) is 27.7. The number of hydrogen-bond acceptors (Lipinski definition) is 2. The Morgan fingerprint density at radius 2 is 0.643 bits per heavy atom. The number of fused-ring (bicyclic) bond motifs is 8. The van der Waals surface area contributed by atoms with Gasteiger partial charge in [-0.15, -0.1) is 0 Å². The number of nitriles is 2. The molecule has 0 amide bonds. The second kappa shape index (κ2) is 12.3. The van der Waals surface area contributed by atoms with E-state index in [1.165, 1.54) is 43.6 Å². The van der Waals surface area contributed by atoms with Gasteiger partial charge in [0.15, 0.2) is 0 Å². The van der Waals surface area contributed by atoms with Gasteiger partial charge in [0, 0.05) is 44.0 Å². The smallest absolute Gasteiger partial charge is 0.0998 e. The van der Waals surface area contributed by atoms with E-state index in [4.69, 9.17) is 0 Å². The van der Waals surface area contributed by atoms with E-state index < -0.39 is 0 Å². The highest BCUT2D eigenvalue weighted by molar-refractivity contribution is 6.10. The van der Waals surface area contributed by atoms with Crippen LogP contribution in [0.3, 0.4) is 0 Å². The number of nitrogens with zero attached hydrogens (tertiary/aromatic N) is 4. The molecule has 0 spiro atoms. The van der Waals surface area contributed by atoms with Crippen molar-refractivity contribution in [2.45, 2.75) is 0 Å². The Kier molecular flexibility index (Phi) is 6.95. The summed E-state index contributed by atoms with van der Waals surface area (Å²) >= 11 is 0. The second-order valence-corrected chi connectivity index (χ2v) is 14.4. The maximum Gasteiger partial charge on any atom is 0.0998 e. The summed E-state index contributed by atoms with van der Waals surface area (Å²) in [6.07, 6.45) is 0. The van der Waals surface area contributed by atoms with Crippen molar-refractivity contribution < 1.29 is 0 Å². The van der Waals surface area contributed by atoms with E-state index in [-0.39, 0.29) is 0 Å². The summed E-state index contributed by atoms with van der Waals surface area (Å²) in [6, 6.07) is 68.3. The van der Waals surface area contributed by atoms with Crippen LogP contribution in [-0.4, -0.2) is 9.13 Å². The molecule has 2 heterocycles. The third-order valence-corrected chi connectivity index (χ3v) is 11.3. The van der Waals surface area contributed by atoms with E-state index >= 15 is 0 Å². The summed E-state index contributed by atoms with van der Waals surface area (Å²) in [5, 5.41) is 30.1. The van der Waals surface area contributed by atoms with Gasteiger partial charge in [-0.25, -0.2) is 0 Å². The quantitative estimate of drug-likeness (QED) is 0.183. The molecule has 0 aliphatic rings. The zero-order valence-corrected chi connectivity index (χ0v) is 30.1. The van der Waals surface area contributed by atoms with Crippen molar-refractivity contribution in [2.24, 2.45) is 0 Å². The maximum absolute atomic E-state index is 10.4. The van der Waals surface area contributed by atoms with Crippen LogP contribution in [0.5, 0.6) is 0 Å². The molecular formula is C52H30N4. The van der Waals surface area contributed by atoms with Crippen LogP contribution in [0, 0.1) is 22.7 Å². The molecule has 0 unspecified atom stereocenters. The molecule has 0 saturated heterocycles. The van der Waals surface area contributed by atoms with Crippen LogP contribution in [0.2, 0.25) is 0 Å². The highest BCUT2D eigenvalue weighted by Crippen LogP contribution is 2.38. The number of rotatable bonds is 4. The number of benzene rings is 9. The van der Waals surface area contributed by atoms with Crippen molar-refractivity contribution in [3.05, 3.63) is 193 Å². The lowest BCUT2D eigenvalue weighted by molar-refractivity contribution is 1.19. The largest absolute Gasteiger partial charge is 0.309 e. The van der Waals surface area contributed by atoms with Crippen LogP contribution >= 0.6 is 0 Å². The Bertz CT molecular complexity index is 3170.